The molecule has 0 bridgehead atoms. The Hall–Kier alpha value is -4.05. The molecule has 1 amide bonds. The number of pyridine rings is 1. The predicted molar refractivity (Wildman–Crippen MR) is 155 cm³/mol. The van der Waals surface area contributed by atoms with Crippen LogP contribution in [0.3, 0.4) is 0 Å². The molecule has 0 aliphatic heterocycles. The lowest BCUT2D eigenvalue weighted by Crippen LogP contribution is -2.15. The van der Waals surface area contributed by atoms with Gasteiger partial charge in [-0.1, -0.05) is 35.9 Å². The third-order valence-electron chi connectivity index (χ3n) is 6.01. The lowest BCUT2D eigenvalue weighted by molar-refractivity contribution is -0.115. The Morgan fingerprint density at radius 3 is 2.64 bits per heavy atom. The average molecular weight is 560 g/mol. The predicted octanol–water partition coefficient (Wildman–Crippen LogP) is 6.07. The molecule has 198 valence electrons. The van der Waals surface area contributed by atoms with E-state index < -0.39 is 0 Å². The summed E-state index contributed by atoms with van der Waals surface area (Å²) in [7, 11) is 3.26. The zero-order chi connectivity index (χ0) is 27.2. The van der Waals surface area contributed by atoms with Gasteiger partial charge in [0.25, 0.3) is 0 Å². The Morgan fingerprint density at radius 2 is 1.85 bits per heavy atom. The van der Waals surface area contributed by atoms with Gasteiger partial charge in [0.15, 0.2) is 0 Å². The fourth-order valence-electron chi connectivity index (χ4n) is 4.05. The molecule has 3 aromatic carbocycles. The fraction of sp³-hybridized carbons (Fsp3) is 0.138. The maximum Gasteiger partial charge on any atom is 0.228 e. The summed E-state index contributed by atoms with van der Waals surface area (Å²) in [4.78, 5) is 18.1. The molecule has 10 heteroatoms. The number of halogens is 1. The lowest BCUT2D eigenvalue weighted by atomic mass is 10.1. The van der Waals surface area contributed by atoms with E-state index in [4.69, 9.17) is 21.1 Å². The molecule has 5 aromatic rings. The highest BCUT2D eigenvalue weighted by Gasteiger charge is 2.13. The Kier molecular flexibility index (Phi) is 8.31. The SMILES string of the molecule is COc1ccc(CNSc2cc(NC(=O)Cc3ccccc3Cl)ccc2-n2cc3ncccc3n2)c(OC)c1. The van der Waals surface area contributed by atoms with Gasteiger partial charge in [-0.25, -0.2) is 4.68 Å². The summed E-state index contributed by atoms with van der Waals surface area (Å²) in [5.41, 5.74) is 4.84. The van der Waals surface area contributed by atoms with Crippen molar-refractivity contribution in [2.45, 2.75) is 17.9 Å². The van der Waals surface area contributed by atoms with Gasteiger partial charge in [-0.05, 0) is 60.0 Å². The van der Waals surface area contributed by atoms with Crippen LogP contribution < -0.4 is 19.5 Å². The second-order valence-corrected chi connectivity index (χ2v) is 9.92. The van der Waals surface area contributed by atoms with Crippen LogP contribution >= 0.6 is 23.5 Å². The van der Waals surface area contributed by atoms with Crippen LogP contribution in [0.25, 0.3) is 16.7 Å². The third-order valence-corrected chi connectivity index (χ3v) is 7.22. The van der Waals surface area contributed by atoms with Crippen LogP contribution in [0, 0.1) is 0 Å². The second-order valence-electron chi connectivity index (χ2n) is 8.58. The molecule has 0 unspecified atom stereocenters. The van der Waals surface area contributed by atoms with E-state index in [0.29, 0.717) is 17.3 Å². The number of hydrogen-bond donors (Lipinski definition) is 2. The highest BCUT2D eigenvalue weighted by Crippen LogP contribution is 2.30. The maximum atomic E-state index is 12.8. The van der Waals surface area contributed by atoms with E-state index in [1.54, 1.807) is 31.2 Å². The Balaban J connectivity index is 1.39. The van der Waals surface area contributed by atoms with Crippen molar-refractivity contribution in [2.75, 3.05) is 19.5 Å². The van der Waals surface area contributed by atoms with Crippen molar-refractivity contribution in [3.8, 4) is 17.2 Å². The Bertz CT molecular complexity index is 1590. The van der Waals surface area contributed by atoms with E-state index in [2.05, 4.69) is 20.1 Å². The molecule has 0 saturated heterocycles. The van der Waals surface area contributed by atoms with Crippen LogP contribution in [-0.2, 0) is 17.8 Å². The van der Waals surface area contributed by atoms with E-state index in [1.165, 1.54) is 11.9 Å². The molecule has 39 heavy (non-hydrogen) atoms. The standard InChI is InChI=1S/C29H26ClN5O3S/c1-37-22-11-9-20(27(16-22)38-2)17-32-39-28-15-21(33-29(36)14-19-6-3-4-7-23(19)30)10-12-26(28)35-18-25-24(34-35)8-5-13-31-25/h3-13,15-16,18,32H,14,17H2,1-2H3,(H,33,36). The largest absolute Gasteiger partial charge is 0.497 e. The van der Waals surface area contributed by atoms with Crippen molar-refractivity contribution in [1.29, 1.82) is 0 Å². The lowest BCUT2D eigenvalue weighted by Gasteiger charge is -2.14. The zero-order valence-electron chi connectivity index (χ0n) is 21.3. The number of methoxy groups -OCH3 is 2. The van der Waals surface area contributed by atoms with Gasteiger partial charge in [-0.2, -0.15) is 5.10 Å². The number of carbonyl (C=O) groups excluding carboxylic acids is 1. The second kappa shape index (κ2) is 12.2. The monoisotopic (exact) mass is 559 g/mol. The Morgan fingerprint density at radius 1 is 0.974 bits per heavy atom. The summed E-state index contributed by atoms with van der Waals surface area (Å²) in [6, 6.07) is 22.5. The topological polar surface area (TPSA) is 90.3 Å². The highest BCUT2D eigenvalue weighted by molar-refractivity contribution is 7.97. The molecule has 0 atom stereocenters. The first kappa shape index (κ1) is 26.6. The van der Waals surface area contributed by atoms with E-state index >= 15 is 0 Å². The Labute approximate surface area is 235 Å². The molecule has 5 rings (SSSR count). The maximum absolute atomic E-state index is 12.8. The van der Waals surface area contributed by atoms with E-state index in [0.717, 1.165) is 44.2 Å². The molecule has 2 N–H and O–H groups in total. The van der Waals surface area contributed by atoms with Gasteiger partial charge in [-0.3, -0.25) is 14.5 Å². The number of amides is 1. The number of rotatable bonds is 10. The van der Waals surface area contributed by atoms with Gasteiger partial charge in [0.05, 0.1) is 37.4 Å². The number of ether oxygens (including phenoxy) is 2. The number of carbonyl (C=O) groups is 1. The van der Waals surface area contributed by atoms with Crippen LogP contribution in [0.15, 0.2) is 90.1 Å². The van der Waals surface area contributed by atoms with Gasteiger partial charge in [0.2, 0.25) is 5.91 Å². The molecule has 0 fully saturated rings. The number of nitrogens with one attached hydrogen (secondary N) is 2. The molecular weight excluding hydrogens is 534 g/mol. The fourth-order valence-corrected chi connectivity index (χ4v) is 5.09. The first-order valence-corrected chi connectivity index (χ1v) is 13.3. The summed E-state index contributed by atoms with van der Waals surface area (Å²) < 4.78 is 16.0. The number of anilines is 1. The third kappa shape index (κ3) is 6.34. The zero-order valence-corrected chi connectivity index (χ0v) is 22.9. The molecule has 2 heterocycles. The van der Waals surface area contributed by atoms with Gasteiger partial charge in [0, 0.05) is 35.1 Å². The van der Waals surface area contributed by atoms with Crippen LogP contribution in [0.5, 0.6) is 11.5 Å². The summed E-state index contributed by atoms with van der Waals surface area (Å²) in [5.74, 6) is 1.30. The van der Waals surface area contributed by atoms with E-state index in [-0.39, 0.29) is 12.3 Å². The van der Waals surface area contributed by atoms with Crippen LogP contribution in [0.1, 0.15) is 11.1 Å². The van der Waals surface area contributed by atoms with Gasteiger partial charge < -0.3 is 14.8 Å². The highest BCUT2D eigenvalue weighted by atomic mass is 35.5. The minimum Gasteiger partial charge on any atom is -0.497 e. The normalized spacial score (nSPS) is 10.9. The minimum atomic E-state index is -0.156. The molecule has 0 aliphatic carbocycles. The molecular formula is C29H26ClN5O3S. The molecule has 0 spiro atoms. The van der Waals surface area contributed by atoms with E-state index in [1.807, 2.05) is 72.9 Å². The van der Waals surface area contributed by atoms with Crippen molar-refractivity contribution in [3.63, 3.8) is 0 Å². The van der Waals surface area contributed by atoms with Crippen molar-refractivity contribution in [1.82, 2.24) is 19.5 Å². The first-order chi connectivity index (χ1) is 19.0. The number of nitrogens with zero attached hydrogens (tertiary/aromatic N) is 3. The van der Waals surface area contributed by atoms with Crippen LogP contribution in [0.4, 0.5) is 5.69 Å². The number of benzene rings is 3. The number of fused-ring (bicyclic) bond motifs is 1. The average Bonchev–Trinajstić information content (AvgIpc) is 3.38. The molecule has 2 aromatic heterocycles. The summed E-state index contributed by atoms with van der Waals surface area (Å²) in [5, 5.41) is 8.24. The van der Waals surface area contributed by atoms with E-state index in [9.17, 15) is 4.79 Å². The van der Waals surface area contributed by atoms with Gasteiger partial charge in [0.1, 0.15) is 22.5 Å². The number of aromatic nitrogens is 3. The first-order valence-electron chi connectivity index (χ1n) is 12.1. The van der Waals surface area contributed by atoms with Crippen LogP contribution in [-0.4, -0.2) is 34.9 Å². The summed E-state index contributed by atoms with van der Waals surface area (Å²) >= 11 is 7.68. The van der Waals surface area contributed by atoms with Gasteiger partial charge >= 0.3 is 0 Å². The van der Waals surface area contributed by atoms with Crippen molar-refractivity contribution in [2.24, 2.45) is 0 Å². The summed E-state index contributed by atoms with van der Waals surface area (Å²) in [6.45, 7) is 0.531. The number of hydrogen-bond acceptors (Lipinski definition) is 7. The van der Waals surface area contributed by atoms with Crippen LogP contribution in [0.2, 0.25) is 5.02 Å². The summed E-state index contributed by atoms with van der Waals surface area (Å²) in [6.07, 6.45) is 3.80. The molecule has 8 nitrogen and oxygen atoms in total. The molecule has 0 saturated carbocycles. The quantitative estimate of drug-likeness (QED) is 0.201. The minimum absolute atomic E-state index is 0.156. The van der Waals surface area contributed by atoms with Crippen molar-refractivity contribution < 1.29 is 14.3 Å². The van der Waals surface area contributed by atoms with Crippen molar-refractivity contribution >= 4 is 46.2 Å². The van der Waals surface area contributed by atoms with Crippen molar-refractivity contribution in [3.05, 3.63) is 101 Å². The molecule has 0 aliphatic rings. The van der Waals surface area contributed by atoms with Gasteiger partial charge in [-0.15, -0.1) is 0 Å². The smallest absolute Gasteiger partial charge is 0.228 e. The molecule has 0 radical (unpaired) electrons.